The number of aryl methyl sites for hydroxylation is 2. The molecule has 1 amide bonds. The number of aliphatic hydroxyl groups is 1. The summed E-state index contributed by atoms with van der Waals surface area (Å²) in [7, 11) is 1.86. The molecule has 1 aliphatic heterocycles. The first-order chi connectivity index (χ1) is 11.6. The van der Waals surface area contributed by atoms with Crippen molar-refractivity contribution in [1.29, 1.82) is 0 Å². The fourth-order valence-corrected chi connectivity index (χ4v) is 2.98. The summed E-state index contributed by atoms with van der Waals surface area (Å²) in [4.78, 5) is 18.4. The van der Waals surface area contributed by atoms with Gasteiger partial charge in [0.05, 0.1) is 0 Å². The van der Waals surface area contributed by atoms with Gasteiger partial charge in [0.25, 0.3) is 0 Å². The Morgan fingerprint density at radius 1 is 1.38 bits per heavy atom. The van der Waals surface area contributed by atoms with Gasteiger partial charge in [0, 0.05) is 51.2 Å². The van der Waals surface area contributed by atoms with E-state index < -0.39 is 5.60 Å². The number of hydrogen-bond acceptors (Lipinski definition) is 5. The van der Waals surface area contributed by atoms with E-state index in [1.165, 1.54) is 0 Å². The molecule has 7 nitrogen and oxygen atoms in total. The van der Waals surface area contributed by atoms with E-state index in [9.17, 15) is 9.90 Å². The van der Waals surface area contributed by atoms with Crippen LogP contribution in [0.1, 0.15) is 18.5 Å². The molecule has 128 valence electrons. The summed E-state index contributed by atoms with van der Waals surface area (Å²) in [5, 5.41) is 17.6. The molecule has 0 unspecified atom stereocenters. The highest BCUT2D eigenvalue weighted by atomic mass is 16.3. The van der Waals surface area contributed by atoms with Gasteiger partial charge in [-0.25, -0.2) is 4.98 Å². The molecule has 0 aliphatic carbocycles. The maximum atomic E-state index is 12.0. The summed E-state index contributed by atoms with van der Waals surface area (Å²) in [6.45, 7) is 1.48. The first kappa shape index (κ1) is 16.4. The zero-order valence-electron chi connectivity index (χ0n) is 13.9. The number of nitrogens with zero attached hydrogens (tertiary/aromatic N) is 4. The Hall–Kier alpha value is -2.41. The zero-order valence-corrected chi connectivity index (χ0v) is 13.9. The lowest BCUT2D eigenvalue weighted by molar-refractivity contribution is -0.122. The van der Waals surface area contributed by atoms with Crippen LogP contribution in [0.2, 0.25) is 0 Å². The maximum Gasteiger partial charge on any atom is 0.220 e. The van der Waals surface area contributed by atoms with Gasteiger partial charge < -0.3 is 15.3 Å². The van der Waals surface area contributed by atoms with Crippen LogP contribution in [0, 0.1) is 0 Å². The Morgan fingerprint density at radius 3 is 2.96 bits per heavy atom. The van der Waals surface area contributed by atoms with E-state index in [1.807, 2.05) is 36.2 Å². The SMILES string of the molecule is Cn1nccc1CCC(=O)NC[C@]1(O)CCN(c2ccccn2)C1. The minimum Gasteiger partial charge on any atom is -0.386 e. The number of carbonyl (C=O) groups is 1. The molecule has 7 heteroatoms. The summed E-state index contributed by atoms with van der Waals surface area (Å²) in [6, 6.07) is 7.63. The second kappa shape index (κ2) is 7.00. The van der Waals surface area contributed by atoms with Crippen molar-refractivity contribution in [3.63, 3.8) is 0 Å². The quantitative estimate of drug-likeness (QED) is 0.807. The minimum absolute atomic E-state index is 0.0547. The van der Waals surface area contributed by atoms with E-state index in [-0.39, 0.29) is 12.5 Å². The molecule has 3 rings (SSSR count). The smallest absolute Gasteiger partial charge is 0.220 e. The number of carbonyl (C=O) groups excluding carboxylic acids is 1. The van der Waals surface area contributed by atoms with Gasteiger partial charge in [0.1, 0.15) is 11.4 Å². The molecule has 2 N–H and O–H groups in total. The van der Waals surface area contributed by atoms with E-state index in [4.69, 9.17) is 0 Å². The molecule has 0 spiro atoms. The molecule has 3 heterocycles. The number of rotatable bonds is 6. The second-order valence-electron chi connectivity index (χ2n) is 6.31. The maximum absolute atomic E-state index is 12.0. The van der Waals surface area contributed by atoms with Crippen molar-refractivity contribution < 1.29 is 9.90 Å². The number of anilines is 1. The summed E-state index contributed by atoms with van der Waals surface area (Å²) in [5.74, 6) is 0.803. The van der Waals surface area contributed by atoms with Crippen LogP contribution < -0.4 is 10.2 Å². The Balaban J connectivity index is 1.46. The summed E-state index contributed by atoms with van der Waals surface area (Å²) in [5.41, 5.74) is 0.116. The second-order valence-corrected chi connectivity index (χ2v) is 6.31. The average Bonchev–Trinajstić information content (AvgIpc) is 3.18. The Labute approximate surface area is 141 Å². The molecule has 2 aromatic rings. The van der Waals surface area contributed by atoms with Gasteiger partial charge >= 0.3 is 0 Å². The number of nitrogens with one attached hydrogen (secondary N) is 1. The van der Waals surface area contributed by atoms with Crippen molar-refractivity contribution in [2.24, 2.45) is 7.05 Å². The highest BCUT2D eigenvalue weighted by molar-refractivity contribution is 5.76. The van der Waals surface area contributed by atoms with Crippen LogP contribution in [0.15, 0.2) is 36.7 Å². The van der Waals surface area contributed by atoms with Crippen LogP contribution in [0.3, 0.4) is 0 Å². The largest absolute Gasteiger partial charge is 0.386 e. The van der Waals surface area contributed by atoms with E-state index >= 15 is 0 Å². The van der Waals surface area contributed by atoms with E-state index in [2.05, 4.69) is 15.4 Å². The topological polar surface area (TPSA) is 83.3 Å². The van der Waals surface area contributed by atoms with E-state index in [0.717, 1.165) is 18.1 Å². The average molecular weight is 329 g/mol. The predicted octanol–water partition coefficient (Wildman–Crippen LogP) is 0.505. The summed E-state index contributed by atoms with van der Waals surface area (Å²) < 4.78 is 1.77. The van der Waals surface area contributed by atoms with Crippen molar-refractivity contribution in [3.8, 4) is 0 Å². The number of aromatic nitrogens is 3. The van der Waals surface area contributed by atoms with Gasteiger partial charge in [-0.1, -0.05) is 6.07 Å². The Morgan fingerprint density at radius 2 is 2.25 bits per heavy atom. The third-order valence-electron chi connectivity index (χ3n) is 4.45. The third-order valence-corrected chi connectivity index (χ3v) is 4.45. The van der Waals surface area contributed by atoms with Crippen molar-refractivity contribution in [2.45, 2.75) is 24.9 Å². The van der Waals surface area contributed by atoms with Gasteiger partial charge in [0.2, 0.25) is 5.91 Å². The molecule has 2 aromatic heterocycles. The standard InChI is InChI=1S/C17H23N5O2/c1-21-14(7-10-20-21)5-6-16(23)19-12-17(24)8-11-22(13-17)15-4-2-3-9-18-15/h2-4,7,9-10,24H,5-6,8,11-13H2,1H3,(H,19,23)/t17-/m1/s1. The fourth-order valence-electron chi connectivity index (χ4n) is 2.98. The normalized spacial score (nSPS) is 20.3. The lowest BCUT2D eigenvalue weighted by Crippen LogP contribution is -2.45. The fraction of sp³-hybridized carbons (Fsp3) is 0.471. The van der Waals surface area contributed by atoms with Crippen molar-refractivity contribution >= 4 is 11.7 Å². The molecular weight excluding hydrogens is 306 g/mol. The highest BCUT2D eigenvalue weighted by Crippen LogP contribution is 2.24. The zero-order chi connectivity index (χ0) is 17.0. The van der Waals surface area contributed by atoms with Gasteiger partial charge in [-0.05, 0) is 31.0 Å². The Bertz CT molecular complexity index is 687. The lowest BCUT2D eigenvalue weighted by atomic mass is 10.0. The molecule has 0 radical (unpaired) electrons. The molecular formula is C17H23N5O2. The third kappa shape index (κ3) is 3.91. The molecule has 24 heavy (non-hydrogen) atoms. The minimum atomic E-state index is -0.903. The van der Waals surface area contributed by atoms with Crippen LogP contribution in [-0.4, -0.2) is 51.0 Å². The van der Waals surface area contributed by atoms with E-state index in [0.29, 0.717) is 25.8 Å². The Kier molecular flexibility index (Phi) is 4.80. The van der Waals surface area contributed by atoms with Gasteiger partial charge in [-0.2, -0.15) is 5.10 Å². The lowest BCUT2D eigenvalue weighted by Gasteiger charge is -2.24. The van der Waals surface area contributed by atoms with Crippen LogP contribution in [0.5, 0.6) is 0 Å². The molecule has 1 aliphatic rings. The van der Waals surface area contributed by atoms with Crippen molar-refractivity contribution in [1.82, 2.24) is 20.1 Å². The summed E-state index contributed by atoms with van der Waals surface area (Å²) in [6.07, 6.45) is 5.11. The van der Waals surface area contributed by atoms with E-state index in [1.54, 1.807) is 17.1 Å². The van der Waals surface area contributed by atoms with Crippen LogP contribution in [0.25, 0.3) is 0 Å². The van der Waals surface area contributed by atoms with Gasteiger partial charge in [-0.3, -0.25) is 9.48 Å². The monoisotopic (exact) mass is 329 g/mol. The van der Waals surface area contributed by atoms with Crippen LogP contribution in [-0.2, 0) is 18.3 Å². The highest BCUT2D eigenvalue weighted by Gasteiger charge is 2.36. The molecule has 0 bridgehead atoms. The molecule has 1 fully saturated rings. The molecule has 0 aromatic carbocycles. The number of hydrogen-bond donors (Lipinski definition) is 2. The van der Waals surface area contributed by atoms with Crippen molar-refractivity contribution in [2.75, 3.05) is 24.5 Å². The summed E-state index contributed by atoms with van der Waals surface area (Å²) >= 11 is 0. The number of β-amino-alcohol motifs (C(OH)–C–C–N with tert-alkyl or cyclic N) is 1. The molecule has 1 atom stereocenters. The first-order valence-corrected chi connectivity index (χ1v) is 8.18. The number of amides is 1. The van der Waals surface area contributed by atoms with Crippen LogP contribution in [0.4, 0.5) is 5.82 Å². The molecule has 1 saturated heterocycles. The van der Waals surface area contributed by atoms with Gasteiger partial charge in [-0.15, -0.1) is 0 Å². The van der Waals surface area contributed by atoms with Gasteiger partial charge in [0.15, 0.2) is 0 Å². The van der Waals surface area contributed by atoms with Crippen LogP contribution >= 0.6 is 0 Å². The molecule has 0 saturated carbocycles. The predicted molar refractivity (Wildman–Crippen MR) is 90.6 cm³/mol. The van der Waals surface area contributed by atoms with Crippen molar-refractivity contribution in [3.05, 3.63) is 42.4 Å². The first-order valence-electron chi connectivity index (χ1n) is 8.18. The number of pyridine rings is 1.